The lowest BCUT2D eigenvalue weighted by Gasteiger charge is -2.16. The van der Waals surface area contributed by atoms with Crippen molar-refractivity contribution in [2.75, 3.05) is 14.2 Å². The van der Waals surface area contributed by atoms with E-state index in [0.29, 0.717) is 5.92 Å². The van der Waals surface area contributed by atoms with Crippen LogP contribution in [0.3, 0.4) is 0 Å². The van der Waals surface area contributed by atoms with E-state index < -0.39 is 0 Å². The zero-order valence-electron chi connectivity index (χ0n) is 13.0. The molecule has 0 aliphatic carbocycles. The van der Waals surface area contributed by atoms with E-state index in [1.807, 2.05) is 24.5 Å². The second-order valence-electron chi connectivity index (χ2n) is 5.26. The molecule has 1 unspecified atom stereocenters. The summed E-state index contributed by atoms with van der Waals surface area (Å²) in [7, 11) is 3.41. The van der Waals surface area contributed by atoms with Gasteiger partial charge in [-0.15, -0.1) is 0 Å². The summed E-state index contributed by atoms with van der Waals surface area (Å²) in [6, 6.07) is 10.2. The molecule has 3 nitrogen and oxygen atoms in total. The highest BCUT2D eigenvalue weighted by molar-refractivity contribution is 5.42. The van der Waals surface area contributed by atoms with Gasteiger partial charge in [0, 0.05) is 18.0 Å². The van der Waals surface area contributed by atoms with Gasteiger partial charge in [-0.2, -0.15) is 0 Å². The van der Waals surface area contributed by atoms with Crippen molar-refractivity contribution in [1.82, 2.24) is 4.98 Å². The van der Waals surface area contributed by atoms with Crippen molar-refractivity contribution in [3.63, 3.8) is 0 Å². The van der Waals surface area contributed by atoms with Crippen LogP contribution in [0.25, 0.3) is 0 Å². The lowest BCUT2D eigenvalue weighted by atomic mass is 9.93. The van der Waals surface area contributed by atoms with Crippen molar-refractivity contribution in [2.45, 2.75) is 32.1 Å². The van der Waals surface area contributed by atoms with E-state index >= 15 is 0 Å². The van der Waals surface area contributed by atoms with E-state index in [-0.39, 0.29) is 0 Å². The third kappa shape index (κ3) is 4.22. The van der Waals surface area contributed by atoms with Gasteiger partial charge in [0.1, 0.15) is 11.5 Å². The first-order valence-electron chi connectivity index (χ1n) is 7.35. The highest BCUT2D eigenvalue weighted by atomic mass is 16.5. The minimum atomic E-state index is 0.442. The maximum Gasteiger partial charge on any atom is 0.122 e. The number of benzene rings is 1. The molecule has 0 spiro atoms. The van der Waals surface area contributed by atoms with Crippen LogP contribution >= 0.6 is 0 Å². The van der Waals surface area contributed by atoms with Crippen molar-refractivity contribution >= 4 is 0 Å². The molecule has 0 saturated heterocycles. The van der Waals surface area contributed by atoms with Gasteiger partial charge < -0.3 is 9.47 Å². The van der Waals surface area contributed by atoms with Crippen LogP contribution in [0.4, 0.5) is 0 Å². The Bertz CT molecular complexity index is 554. The fourth-order valence-electron chi connectivity index (χ4n) is 2.54. The molecule has 1 aromatic heterocycles. The highest BCUT2D eigenvalue weighted by Crippen LogP contribution is 2.33. The van der Waals surface area contributed by atoms with Crippen molar-refractivity contribution in [3.8, 4) is 11.5 Å². The molecule has 0 amide bonds. The highest BCUT2D eigenvalue weighted by Gasteiger charge is 2.12. The Kier molecular flexibility index (Phi) is 5.61. The average Bonchev–Trinajstić information content (AvgIpc) is 2.55. The third-order valence-electron chi connectivity index (χ3n) is 3.82. The number of hydrogen-bond donors (Lipinski definition) is 0. The van der Waals surface area contributed by atoms with Crippen molar-refractivity contribution < 1.29 is 9.47 Å². The molecule has 0 saturated carbocycles. The molecule has 0 N–H and O–H groups in total. The molecular formula is C18H23NO2. The predicted octanol–water partition coefficient (Wildman–Crippen LogP) is 4.23. The second-order valence-corrected chi connectivity index (χ2v) is 5.26. The van der Waals surface area contributed by atoms with Gasteiger partial charge in [-0.25, -0.2) is 0 Å². The first kappa shape index (κ1) is 15.4. The first-order valence-corrected chi connectivity index (χ1v) is 7.35. The summed E-state index contributed by atoms with van der Waals surface area (Å²) in [5.74, 6) is 2.26. The van der Waals surface area contributed by atoms with E-state index in [1.165, 1.54) is 11.1 Å². The van der Waals surface area contributed by atoms with Gasteiger partial charge in [0.25, 0.3) is 0 Å². The molecule has 0 radical (unpaired) electrons. The Morgan fingerprint density at radius 1 is 1.05 bits per heavy atom. The molecule has 3 heteroatoms. The standard InChI is InChI=1S/C18H23NO2/c1-14(5-4-6-15-9-11-19-12-10-15)17-13-16(20-2)7-8-18(17)21-3/h7-14H,4-6H2,1-3H3. The lowest BCUT2D eigenvalue weighted by molar-refractivity contribution is 0.394. The Hall–Kier alpha value is -2.03. The second kappa shape index (κ2) is 7.67. The molecule has 21 heavy (non-hydrogen) atoms. The van der Waals surface area contributed by atoms with E-state index in [2.05, 4.69) is 30.1 Å². The largest absolute Gasteiger partial charge is 0.497 e. The Labute approximate surface area is 126 Å². The van der Waals surface area contributed by atoms with Gasteiger partial charge in [-0.05, 0) is 61.1 Å². The summed E-state index contributed by atoms with van der Waals surface area (Å²) < 4.78 is 10.8. The van der Waals surface area contributed by atoms with E-state index in [9.17, 15) is 0 Å². The normalized spacial score (nSPS) is 12.0. The number of methoxy groups -OCH3 is 2. The smallest absolute Gasteiger partial charge is 0.122 e. The van der Waals surface area contributed by atoms with Crippen LogP contribution in [0.2, 0.25) is 0 Å². The van der Waals surface area contributed by atoms with Crippen molar-refractivity contribution in [2.24, 2.45) is 0 Å². The summed E-state index contributed by atoms with van der Waals surface area (Å²) in [4.78, 5) is 4.05. The summed E-state index contributed by atoms with van der Waals surface area (Å²) in [6.45, 7) is 2.24. The lowest BCUT2D eigenvalue weighted by Crippen LogP contribution is -2.00. The van der Waals surface area contributed by atoms with Crippen molar-refractivity contribution in [3.05, 3.63) is 53.9 Å². The third-order valence-corrected chi connectivity index (χ3v) is 3.82. The van der Waals surface area contributed by atoms with Gasteiger partial charge in [0.05, 0.1) is 14.2 Å². The van der Waals surface area contributed by atoms with Gasteiger partial charge in [0.2, 0.25) is 0 Å². The Morgan fingerprint density at radius 3 is 2.48 bits per heavy atom. The summed E-state index contributed by atoms with van der Waals surface area (Å²) in [6.07, 6.45) is 7.05. The van der Waals surface area contributed by atoms with Crippen LogP contribution in [0.1, 0.15) is 36.8 Å². The Balaban J connectivity index is 1.97. The van der Waals surface area contributed by atoms with Crippen LogP contribution in [-0.2, 0) is 6.42 Å². The SMILES string of the molecule is COc1ccc(OC)c(C(C)CCCc2ccncc2)c1. The van der Waals surface area contributed by atoms with E-state index in [0.717, 1.165) is 30.8 Å². The predicted molar refractivity (Wildman–Crippen MR) is 85.1 cm³/mol. The maximum absolute atomic E-state index is 5.47. The number of nitrogens with zero attached hydrogens (tertiary/aromatic N) is 1. The molecule has 1 heterocycles. The summed E-state index contributed by atoms with van der Waals surface area (Å²) in [5.41, 5.74) is 2.56. The van der Waals surface area contributed by atoms with Gasteiger partial charge in [-0.3, -0.25) is 4.98 Å². The van der Waals surface area contributed by atoms with Crippen LogP contribution in [0.5, 0.6) is 11.5 Å². The molecule has 0 aliphatic heterocycles. The molecule has 0 fully saturated rings. The average molecular weight is 285 g/mol. The fraction of sp³-hybridized carbons (Fsp3) is 0.389. The maximum atomic E-state index is 5.47. The van der Waals surface area contributed by atoms with E-state index in [1.54, 1.807) is 14.2 Å². The zero-order chi connectivity index (χ0) is 15.1. The number of rotatable bonds is 7. The summed E-state index contributed by atoms with van der Waals surface area (Å²) in [5, 5.41) is 0. The number of pyridine rings is 1. The van der Waals surface area contributed by atoms with E-state index in [4.69, 9.17) is 9.47 Å². The zero-order valence-corrected chi connectivity index (χ0v) is 13.0. The number of aryl methyl sites for hydroxylation is 1. The Morgan fingerprint density at radius 2 is 1.81 bits per heavy atom. The van der Waals surface area contributed by atoms with Crippen molar-refractivity contribution in [1.29, 1.82) is 0 Å². The van der Waals surface area contributed by atoms with Gasteiger partial charge in [0.15, 0.2) is 0 Å². The molecule has 0 aliphatic rings. The van der Waals surface area contributed by atoms with Crippen LogP contribution < -0.4 is 9.47 Å². The summed E-state index contributed by atoms with van der Waals surface area (Å²) >= 11 is 0. The fourth-order valence-corrected chi connectivity index (χ4v) is 2.54. The van der Waals surface area contributed by atoms with Gasteiger partial charge >= 0.3 is 0 Å². The molecular weight excluding hydrogens is 262 g/mol. The van der Waals surface area contributed by atoms with Crippen LogP contribution in [0, 0.1) is 0 Å². The molecule has 1 aromatic carbocycles. The van der Waals surface area contributed by atoms with Crippen LogP contribution in [-0.4, -0.2) is 19.2 Å². The molecule has 2 rings (SSSR count). The minimum Gasteiger partial charge on any atom is -0.497 e. The quantitative estimate of drug-likeness (QED) is 0.763. The minimum absolute atomic E-state index is 0.442. The molecule has 2 aromatic rings. The molecule has 1 atom stereocenters. The topological polar surface area (TPSA) is 31.4 Å². The number of hydrogen-bond acceptors (Lipinski definition) is 3. The molecule has 0 bridgehead atoms. The number of aromatic nitrogens is 1. The molecule has 112 valence electrons. The van der Waals surface area contributed by atoms with Crippen LogP contribution in [0.15, 0.2) is 42.7 Å². The number of ether oxygens (including phenoxy) is 2. The monoisotopic (exact) mass is 285 g/mol. The van der Waals surface area contributed by atoms with Gasteiger partial charge in [-0.1, -0.05) is 6.92 Å². The first-order chi connectivity index (χ1) is 10.2.